The Morgan fingerprint density at radius 1 is 1.17 bits per heavy atom. The summed E-state index contributed by atoms with van der Waals surface area (Å²) in [6.07, 6.45) is 5.37. The van der Waals surface area contributed by atoms with Gasteiger partial charge in [0.05, 0.1) is 0 Å². The highest BCUT2D eigenvalue weighted by molar-refractivity contribution is 5.51. The molecule has 2 rings (SSSR count). The smallest absolute Gasteiger partial charge is 0.115 e. The maximum absolute atomic E-state index is 9.46. The maximum atomic E-state index is 9.46. The fourth-order valence-electron chi connectivity index (χ4n) is 1.83. The molecule has 0 saturated carbocycles. The summed E-state index contributed by atoms with van der Waals surface area (Å²) in [5, 5.41) is 12.8. The monoisotopic (exact) mass is 237 g/mol. The van der Waals surface area contributed by atoms with Gasteiger partial charge in [-0.25, -0.2) is 0 Å². The largest absolute Gasteiger partial charge is 0.508 e. The van der Waals surface area contributed by atoms with Crippen LogP contribution in [-0.2, 0) is 0 Å². The van der Waals surface area contributed by atoms with Gasteiger partial charge in [-0.1, -0.05) is 24.1 Å². The molecule has 0 radical (unpaired) electrons. The van der Waals surface area contributed by atoms with Crippen LogP contribution in [0, 0.1) is 12.3 Å². The molecule has 0 saturated heterocycles. The summed E-state index contributed by atoms with van der Waals surface area (Å²) < 4.78 is 0. The first-order valence-corrected chi connectivity index (χ1v) is 5.81. The lowest BCUT2D eigenvalue weighted by Crippen LogP contribution is -2.06. The van der Waals surface area contributed by atoms with Crippen LogP contribution in [0.4, 0.5) is 5.69 Å². The van der Waals surface area contributed by atoms with E-state index >= 15 is 0 Å². The van der Waals surface area contributed by atoms with Crippen molar-refractivity contribution in [3.05, 3.63) is 59.7 Å². The Labute approximate surface area is 107 Å². The van der Waals surface area contributed by atoms with E-state index in [0.717, 1.165) is 16.8 Å². The van der Waals surface area contributed by atoms with Gasteiger partial charge in [0.25, 0.3) is 0 Å². The van der Waals surface area contributed by atoms with E-state index in [2.05, 4.69) is 11.2 Å². The minimum Gasteiger partial charge on any atom is -0.508 e. The van der Waals surface area contributed by atoms with Crippen LogP contribution < -0.4 is 5.32 Å². The minimum absolute atomic E-state index is 0.102. The lowest BCUT2D eigenvalue weighted by atomic mass is 10.1. The molecule has 2 nitrogen and oxygen atoms in total. The molecule has 0 spiro atoms. The van der Waals surface area contributed by atoms with Gasteiger partial charge in [-0.3, -0.25) is 0 Å². The molecule has 2 aromatic carbocycles. The highest BCUT2D eigenvalue weighted by Gasteiger charge is 2.05. The lowest BCUT2D eigenvalue weighted by Gasteiger charge is -2.16. The number of phenols is 1. The Morgan fingerprint density at radius 2 is 1.94 bits per heavy atom. The van der Waals surface area contributed by atoms with Crippen molar-refractivity contribution in [1.29, 1.82) is 0 Å². The molecule has 0 aliphatic heterocycles. The quantitative estimate of drug-likeness (QED) is 0.800. The number of nitrogens with one attached hydrogen (secondary N) is 1. The van der Waals surface area contributed by atoms with Crippen molar-refractivity contribution >= 4 is 5.69 Å². The molecule has 1 unspecified atom stereocenters. The predicted octanol–water partition coefficient (Wildman–Crippen LogP) is 3.55. The van der Waals surface area contributed by atoms with Crippen LogP contribution in [-0.4, -0.2) is 5.11 Å². The van der Waals surface area contributed by atoms with E-state index in [1.54, 1.807) is 12.1 Å². The van der Waals surface area contributed by atoms with Crippen molar-refractivity contribution in [1.82, 2.24) is 0 Å². The zero-order valence-corrected chi connectivity index (χ0v) is 10.2. The van der Waals surface area contributed by atoms with Crippen molar-refractivity contribution in [3.8, 4) is 18.1 Å². The third kappa shape index (κ3) is 2.83. The van der Waals surface area contributed by atoms with Crippen LogP contribution in [0.3, 0.4) is 0 Å². The van der Waals surface area contributed by atoms with E-state index in [4.69, 9.17) is 6.42 Å². The van der Waals surface area contributed by atoms with Crippen LogP contribution in [0.15, 0.2) is 48.5 Å². The molecule has 0 amide bonds. The zero-order valence-electron chi connectivity index (χ0n) is 10.2. The van der Waals surface area contributed by atoms with Crippen molar-refractivity contribution in [3.63, 3.8) is 0 Å². The number of hydrogen-bond acceptors (Lipinski definition) is 2. The lowest BCUT2D eigenvalue weighted by molar-refractivity contribution is 0.474. The average Bonchev–Trinajstić information content (AvgIpc) is 2.39. The Kier molecular flexibility index (Phi) is 3.54. The molecule has 90 valence electrons. The molecule has 18 heavy (non-hydrogen) atoms. The van der Waals surface area contributed by atoms with Gasteiger partial charge in [0, 0.05) is 17.3 Å². The van der Waals surface area contributed by atoms with Crippen molar-refractivity contribution in [2.45, 2.75) is 13.0 Å². The maximum Gasteiger partial charge on any atom is 0.115 e. The molecule has 2 heteroatoms. The van der Waals surface area contributed by atoms with Crippen molar-refractivity contribution in [2.75, 3.05) is 5.32 Å². The third-order valence-electron chi connectivity index (χ3n) is 2.78. The predicted molar refractivity (Wildman–Crippen MR) is 74.5 cm³/mol. The van der Waals surface area contributed by atoms with Gasteiger partial charge in [0.1, 0.15) is 5.75 Å². The molecule has 2 N–H and O–H groups in total. The van der Waals surface area contributed by atoms with Gasteiger partial charge in [-0.05, 0) is 42.8 Å². The Balaban J connectivity index is 2.16. The molecular formula is C16H15NO. The number of phenolic OH excluding ortho intramolecular Hbond substituents is 1. The SMILES string of the molecule is C#Cc1cccc(NC(C)c2cccc(O)c2)c1. The van der Waals surface area contributed by atoms with Gasteiger partial charge < -0.3 is 10.4 Å². The number of terminal acetylenes is 1. The summed E-state index contributed by atoms with van der Waals surface area (Å²) in [6, 6.07) is 15.0. The number of anilines is 1. The molecule has 2 aromatic rings. The van der Waals surface area contributed by atoms with E-state index < -0.39 is 0 Å². The second-order valence-corrected chi connectivity index (χ2v) is 4.19. The van der Waals surface area contributed by atoms with Gasteiger partial charge in [0.15, 0.2) is 0 Å². The van der Waals surface area contributed by atoms with E-state index in [0.29, 0.717) is 0 Å². The standard InChI is InChI=1S/C16H15NO/c1-3-13-6-4-8-15(10-13)17-12(2)14-7-5-9-16(18)11-14/h1,4-12,17-18H,2H3. The van der Waals surface area contributed by atoms with E-state index in [9.17, 15) is 5.11 Å². The summed E-state index contributed by atoms with van der Waals surface area (Å²) in [6.45, 7) is 2.04. The van der Waals surface area contributed by atoms with E-state index in [1.165, 1.54) is 0 Å². The number of benzene rings is 2. The van der Waals surface area contributed by atoms with Crippen LogP contribution in [0.25, 0.3) is 0 Å². The van der Waals surface area contributed by atoms with Crippen LogP contribution in [0.2, 0.25) is 0 Å². The number of aromatic hydroxyl groups is 1. The van der Waals surface area contributed by atoms with Gasteiger partial charge in [-0.2, -0.15) is 0 Å². The first kappa shape index (κ1) is 12.1. The minimum atomic E-state index is 0.102. The first-order valence-electron chi connectivity index (χ1n) is 5.81. The van der Waals surface area contributed by atoms with E-state index in [1.807, 2.05) is 43.3 Å². The number of rotatable bonds is 3. The van der Waals surface area contributed by atoms with Crippen LogP contribution in [0.5, 0.6) is 5.75 Å². The molecule has 0 fully saturated rings. The third-order valence-corrected chi connectivity index (χ3v) is 2.78. The van der Waals surface area contributed by atoms with Crippen LogP contribution >= 0.6 is 0 Å². The molecule has 0 aromatic heterocycles. The van der Waals surface area contributed by atoms with Crippen LogP contribution in [0.1, 0.15) is 24.1 Å². The van der Waals surface area contributed by atoms with Gasteiger partial charge >= 0.3 is 0 Å². The van der Waals surface area contributed by atoms with E-state index in [-0.39, 0.29) is 11.8 Å². The molecule has 0 aliphatic carbocycles. The summed E-state index contributed by atoms with van der Waals surface area (Å²) in [5.41, 5.74) is 2.85. The molecule has 0 bridgehead atoms. The zero-order chi connectivity index (χ0) is 13.0. The second kappa shape index (κ2) is 5.29. The fraction of sp³-hybridized carbons (Fsp3) is 0.125. The highest BCUT2D eigenvalue weighted by Crippen LogP contribution is 2.22. The summed E-state index contributed by atoms with van der Waals surface area (Å²) in [5.74, 6) is 2.89. The average molecular weight is 237 g/mol. The highest BCUT2D eigenvalue weighted by atomic mass is 16.3. The van der Waals surface area contributed by atoms with Gasteiger partial charge in [0.2, 0.25) is 0 Å². The van der Waals surface area contributed by atoms with Crippen molar-refractivity contribution < 1.29 is 5.11 Å². The first-order chi connectivity index (χ1) is 8.69. The van der Waals surface area contributed by atoms with Gasteiger partial charge in [-0.15, -0.1) is 6.42 Å². The Bertz CT molecular complexity index is 584. The van der Waals surface area contributed by atoms with Crippen molar-refractivity contribution in [2.24, 2.45) is 0 Å². The normalized spacial score (nSPS) is 11.6. The summed E-state index contributed by atoms with van der Waals surface area (Å²) >= 11 is 0. The second-order valence-electron chi connectivity index (χ2n) is 4.19. The molecule has 0 heterocycles. The number of hydrogen-bond donors (Lipinski definition) is 2. The topological polar surface area (TPSA) is 32.3 Å². The molecular weight excluding hydrogens is 222 g/mol. The molecule has 0 aliphatic rings. The fourth-order valence-corrected chi connectivity index (χ4v) is 1.83. The Morgan fingerprint density at radius 3 is 2.67 bits per heavy atom. The summed E-state index contributed by atoms with van der Waals surface area (Å²) in [7, 11) is 0. The molecule has 1 atom stereocenters. The Hall–Kier alpha value is -2.40. The summed E-state index contributed by atoms with van der Waals surface area (Å²) in [4.78, 5) is 0.